The highest BCUT2D eigenvalue weighted by molar-refractivity contribution is 7.99. The Labute approximate surface area is 142 Å². The van der Waals surface area contributed by atoms with Gasteiger partial charge in [-0.25, -0.2) is 0 Å². The average Bonchev–Trinajstić information content (AvgIpc) is 2.42. The maximum absolute atomic E-state index is 13.2. The summed E-state index contributed by atoms with van der Waals surface area (Å²) in [4.78, 5) is 11.2. The Hall–Kier alpha value is -0.810. The van der Waals surface area contributed by atoms with Gasteiger partial charge in [-0.3, -0.25) is 4.79 Å². The van der Waals surface area contributed by atoms with Gasteiger partial charge in [0.2, 0.25) is 0 Å². The first kappa shape index (κ1) is 24.2. The number of carbonyl (C=O) groups excluding carboxylic acids is 1. The van der Waals surface area contributed by atoms with Gasteiger partial charge in [-0.2, -0.15) is 51.3 Å². The predicted molar refractivity (Wildman–Crippen MR) is 73.3 cm³/mol. The van der Waals surface area contributed by atoms with Crippen molar-refractivity contribution in [2.24, 2.45) is 5.92 Å². The van der Waals surface area contributed by atoms with Gasteiger partial charge in [-0.05, 0) is 18.1 Å². The van der Waals surface area contributed by atoms with E-state index < -0.39 is 42.8 Å². The van der Waals surface area contributed by atoms with Crippen LogP contribution in [-0.2, 0) is 9.53 Å². The molecule has 0 fully saturated rings. The summed E-state index contributed by atoms with van der Waals surface area (Å²) in [7, 11) is 0. The molecule has 0 N–H and O–H groups in total. The van der Waals surface area contributed by atoms with E-state index in [2.05, 4.69) is 0 Å². The highest BCUT2D eigenvalue weighted by Crippen LogP contribution is 2.54. The third-order valence-corrected chi connectivity index (χ3v) is 3.80. The smallest absolute Gasteiger partial charge is 0.460 e. The maximum Gasteiger partial charge on any atom is 0.460 e. The summed E-state index contributed by atoms with van der Waals surface area (Å²) < 4.78 is 118. The first-order valence-electron chi connectivity index (χ1n) is 7.00. The van der Waals surface area contributed by atoms with E-state index >= 15 is 0 Å². The highest BCUT2D eigenvalue weighted by atomic mass is 32.2. The summed E-state index contributed by atoms with van der Waals surface area (Å²) in [5.41, 5.74) is 0. The Balaban J connectivity index is 4.48. The van der Waals surface area contributed by atoms with E-state index in [-0.39, 0.29) is 24.0 Å². The molecule has 2 nitrogen and oxygen atoms in total. The summed E-state index contributed by atoms with van der Waals surface area (Å²) >= 11 is 0.715. The molecule has 0 radical (unpaired) electrons. The van der Waals surface area contributed by atoms with E-state index in [0.717, 1.165) is 0 Å². The number of alkyl halides is 9. The first-order chi connectivity index (χ1) is 11.1. The van der Waals surface area contributed by atoms with Crippen LogP contribution in [0.2, 0.25) is 0 Å². The zero-order chi connectivity index (χ0) is 20.1. The van der Waals surface area contributed by atoms with E-state index in [1.54, 1.807) is 13.8 Å². The summed E-state index contributed by atoms with van der Waals surface area (Å²) in [5, 5.41) is 0. The third kappa shape index (κ3) is 6.45. The van der Waals surface area contributed by atoms with Crippen LogP contribution in [0.15, 0.2) is 0 Å². The minimum atomic E-state index is -6.86. The molecule has 0 heterocycles. The van der Waals surface area contributed by atoms with Gasteiger partial charge in [-0.15, -0.1) is 0 Å². The largest absolute Gasteiger partial charge is 0.465 e. The Morgan fingerprint density at radius 3 is 1.92 bits per heavy atom. The van der Waals surface area contributed by atoms with E-state index in [0.29, 0.717) is 11.8 Å². The van der Waals surface area contributed by atoms with Gasteiger partial charge in [0.1, 0.15) is 0 Å². The van der Waals surface area contributed by atoms with E-state index in [9.17, 15) is 44.3 Å². The van der Waals surface area contributed by atoms with Crippen LogP contribution in [-0.4, -0.2) is 48.0 Å². The summed E-state index contributed by atoms with van der Waals surface area (Å²) in [6.07, 6.45) is -9.49. The molecule has 0 rings (SSSR count). The van der Waals surface area contributed by atoms with Crippen LogP contribution in [0.3, 0.4) is 0 Å². The molecule has 0 unspecified atom stereocenters. The molecule has 0 saturated carbocycles. The van der Waals surface area contributed by atoms with Crippen LogP contribution in [0.5, 0.6) is 0 Å². The lowest BCUT2D eigenvalue weighted by Crippen LogP contribution is -2.60. The van der Waals surface area contributed by atoms with Gasteiger partial charge < -0.3 is 4.74 Å². The monoisotopic (exact) mass is 408 g/mol. The summed E-state index contributed by atoms with van der Waals surface area (Å²) in [6.45, 7) is 3.65. The van der Waals surface area contributed by atoms with Crippen LogP contribution in [0.25, 0.3) is 0 Å². The van der Waals surface area contributed by atoms with Crippen LogP contribution >= 0.6 is 11.8 Å². The molecule has 0 aromatic carbocycles. The standard InChI is InChI=1S/C13H17F9O2S/c1-8(2)6-24-9(23)7-25-5-3-4-10(14,15)11(16,17)12(18,19)13(20,21)22/h8H,3-7H2,1-2H3. The number of hydrogen-bond donors (Lipinski definition) is 0. The van der Waals surface area contributed by atoms with E-state index in [1.165, 1.54) is 0 Å². The second-order valence-electron chi connectivity index (χ2n) is 5.58. The Bertz CT molecular complexity index is 436. The molecule has 0 aromatic heterocycles. The fraction of sp³-hybridized carbons (Fsp3) is 0.923. The molecule has 150 valence electrons. The first-order valence-corrected chi connectivity index (χ1v) is 8.15. The molecule has 0 aliphatic carbocycles. The van der Waals surface area contributed by atoms with Gasteiger partial charge in [0.15, 0.2) is 0 Å². The molecule has 0 spiro atoms. The molecule has 0 aliphatic heterocycles. The number of esters is 1. The molecule has 25 heavy (non-hydrogen) atoms. The lowest BCUT2D eigenvalue weighted by atomic mass is 10.00. The normalized spacial score (nSPS) is 14.1. The number of hydrogen-bond acceptors (Lipinski definition) is 3. The number of rotatable bonds is 10. The molecule has 0 bridgehead atoms. The number of thioether (sulfide) groups is 1. The molecular weight excluding hydrogens is 391 g/mol. The van der Waals surface area contributed by atoms with Gasteiger partial charge >= 0.3 is 29.9 Å². The quantitative estimate of drug-likeness (QED) is 0.284. The van der Waals surface area contributed by atoms with Crippen molar-refractivity contribution in [3.05, 3.63) is 0 Å². The Morgan fingerprint density at radius 2 is 1.48 bits per heavy atom. The van der Waals surface area contributed by atoms with Crippen molar-refractivity contribution in [3.8, 4) is 0 Å². The molecule has 0 aromatic rings. The van der Waals surface area contributed by atoms with Crippen molar-refractivity contribution in [2.75, 3.05) is 18.1 Å². The number of halogens is 9. The Morgan fingerprint density at radius 1 is 0.960 bits per heavy atom. The molecule has 0 aliphatic rings. The van der Waals surface area contributed by atoms with Crippen molar-refractivity contribution < 1.29 is 49.0 Å². The number of ether oxygens (including phenoxy) is 1. The minimum absolute atomic E-state index is 0.0603. The van der Waals surface area contributed by atoms with Crippen LogP contribution in [0.1, 0.15) is 26.7 Å². The SMILES string of the molecule is CC(C)COC(=O)CSCCCC(F)(F)C(F)(F)C(F)(F)C(F)(F)F. The van der Waals surface area contributed by atoms with Crippen LogP contribution in [0.4, 0.5) is 39.5 Å². The second-order valence-corrected chi connectivity index (χ2v) is 6.69. The molecular formula is C13H17F9O2S. The van der Waals surface area contributed by atoms with Crippen molar-refractivity contribution >= 4 is 17.7 Å². The van der Waals surface area contributed by atoms with Crippen molar-refractivity contribution in [1.29, 1.82) is 0 Å². The zero-order valence-electron chi connectivity index (χ0n) is 13.2. The lowest BCUT2D eigenvalue weighted by molar-refractivity contribution is -0.396. The zero-order valence-corrected chi connectivity index (χ0v) is 14.1. The Kier molecular flexibility index (Phi) is 8.44. The topological polar surface area (TPSA) is 26.3 Å². The summed E-state index contributed by atoms with van der Waals surface area (Å²) in [6, 6.07) is 0. The average molecular weight is 408 g/mol. The van der Waals surface area contributed by atoms with Crippen molar-refractivity contribution in [2.45, 2.75) is 50.6 Å². The highest BCUT2D eigenvalue weighted by Gasteiger charge is 2.81. The van der Waals surface area contributed by atoms with Crippen LogP contribution < -0.4 is 0 Å². The molecule has 12 heteroatoms. The van der Waals surface area contributed by atoms with Crippen molar-refractivity contribution in [1.82, 2.24) is 0 Å². The number of carbonyl (C=O) groups is 1. The van der Waals surface area contributed by atoms with Gasteiger partial charge in [-0.1, -0.05) is 13.8 Å². The van der Waals surface area contributed by atoms with Crippen LogP contribution in [0, 0.1) is 5.92 Å². The van der Waals surface area contributed by atoms with Crippen molar-refractivity contribution in [3.63, 3.8) is 0 Å². The van der Waals surface area contributed by atoms with E-state index in [1.807, 2.05) is 0 Å². The van der Waals surface area contributed by atoms with Gasteiger partial charge in [0.05, 0.1) is 12.4 Å². The maximum atomic E-state index is 13.2. The third-order valence-electron chi connectivity index (χ3n) is 2.79. The van der Waals surface area contributed by atoms with E-state index in [4.69, 9.17) is 4.74 Å². The minimum Gasteiger partial charge on any atom is -0.465 e. The second kappa shape index (κ2) is 8.72. The fourth-order valence-corrected chi connectivity index (χ4v) is 2.16. The molecule has 0 amide bonds. The summed E-state index contributed by atoms with van der Waals surface area (Å²) in [5.74, 6) is -20.2. The lowest BCUT2D eigenvalue weighted by Gasteiger charge is -2.33. The fourth-order valence-electron chi connectivity index (χ4n) is 1.42. The van der Waals surface area contributed by atoms with Gasteiger partial charge in [0.25, 0.3) is 0 Å². The molecule has 0 atom stereocenters. The van der Waals surface area contributed by atoms with Gasteiger partial charge in [0, 0.05) is 6.42 Å². The molecule has 0 saturated heterocycles. The predicted octanol–water partition coefficient (Wildman–Crippen LogP) is 5.17.